The van der Waals surface area contributed by atoms with E-state index in [2.05, 4.69) is 32.8 Å². The average Bonchev–Trinajstić information content (AvgIpc) is 2.34. The summed E-state index contributed by atoms with van der Waals surface area (Å²) in [7, 11) is 0. The Morgan fingerprint density at radius 2 is 1.94 bits per heavy atom. The van der Waals surface area contributed by atoms with Crippen LogP contribution in [0, 0.1) is 0 Å². The van der Waals surface area contributed by atoms with Crippen LogP contribution in [0.5, 0.6) is 0 Å². The zero-order valence-corrected chi connectivity index (χ0v) is 10.8. The van der Waals surface area contributed by atoms with E-state index in [4.69, 9.17) is 5.73 Å². The molecule has 0 radical (unpaired) electrons. The standard InChI is InChI=1S/C11H20N6O/c1-3-5-14-8-6-9(17-11(12)16-8)15-7-10(18)13-4-2/h6H,3-5,7H2,1-2H3,(H,13,18)(H4,12,14,15,16,17). The first-order valence-corrected chi connectivity index (χ1v) is 6.04. The molecule has 1 heterocycles. The number of anilines is 3. The zero-order valence-electron chi connectivity index (χ0n) is 10.8. The molecule has 0 saturated carbocycles. The van der Waals surface area contributed by atoms with Gasteiger partial charge in [-0.25, -0.2) is 0 Å². The molecule has 100 valence electrons. The number of hydrogen-bond donors (Lipinski definition) is 4. The fourth-order valence-electron chi connectivity index (χ4n) is 1.33. The Kier molecular flexibility index (Phi) is 5.69. The highest BCUT2D eigenvalue weighted by Gasteiger charge is 2.04. The van der Waals surface area contributed by atoms with E-state index < -0.39 is 0 Å². The number of likely N-dealkylation sites (N-methyl/N-ethyl adjacent to an activating group) is 1. The summed E-state index contributed by atoms with van der Waals surface area (Å²) in [6, 6.07) is 1.73. The lowest BCUT2D eigenvalue weighted by Crippen LogP contribution is -2.29. The fraction of sp³-hybridized carbons (Fsp3) is 0.545. The third kappa shape index (κ3) is 4.86. The molecule has 0 unspecified atom stereocenters. The van der Waals surface area contributed by atoms with Gasteiger partial charge in [0.2, 0.25) is 11.9 Å². The molecule has 1 rings (SSSR count). The second-order valence-corrected chi connectivity index (χ2v) is 3.73. The van der Waals surface area contributed by atoms with E-state index >= 15 is 0 Å². The summed E-state index contributed by atoms with van der Waals surface area (Å²) in [5.74, 6) is 1.28. The summed E-state index contributed by atoms with van der Waals surface area (Å²) in [6.45, 7) is 5.51. The van der Waals surface area contributed by atoms with Crippen LogP contribution in [-0.4, -0.2) is 35.5 Å². The van der Waals surface area contributed by atoms with Crippen molar-refractivity contribution in [1.29, 1.82) is 0 Å². The van der Waals surface area contributed by atoms with Gasteiger partial charge in [-0.2, -0.15) is 9.97 Å². The van der Waals surface area contributed by atoms with Crippen LogP contribution >= 0.6 is 0 Å². The normalized spacial score (nSPS) is 9.89. The van der Waals surface area contributed by atoms with Gasteiger partial charge in [0.15, 0.2) is 0 Å². The summed E-state index contributed by atoms with van der Waals surface area (Å²) in [5, 5.41) is 8.71. The maximum atomic E-state index is 11.3. The molecule has 0 aliphatic rings. The maximum absolute atomic E-state index is 11.3. The lowest BCUT2D eigenvalue weighted by atomic mass is 10.4. The van der Waals surface area contributed by atoms with Gasteiger partial charge in [0.05, 0.1) is 6.54 Å². The van der Waals surface area contributed by atoms with Crippen molar-refractivity contribution < 1.29 is 4.79 Å². The highest BCUT2D eigenvalue weighted by Crippen LogP contribution is 2.11. The van der Waals surface area contributed by atoms with Gasteiger partial charge in [0, 0.05) is 19.2 Å². The molecule has 18 heavy (non-hydrogen) atoms. The average molecular weight is 252 g/mol. The molecule has 5 N–H and O–H groups in total. The van der Waals surface area contributed by atoms with E-state index in [1.165, 1.54) is 0 Å². The third-order valence-corrected chi connectivity index (χ3v) is 2.10. The first-order chi connectivity index (χ1) is 8.65. The fourth-order valence-corrected chi connectivity index (χ4v) is 1.33. The molecule has 0 spiro atoms. The second-order valence-electron chi connectivity index (χ2n) is 3.73. The van der Waals surface area contributed by atoms with Crippen LogP contribution in [0.1, 0.15) is 20.3 Å². The summed E-state index contributed by atoms with van der Waals surface area (Å²) in [5.41, 5.74) is 5.59. The number of carbonyl (C=O) groups is 1. The molecule has 0 aromatic carbocycles. The number of aromatic nitrogens is 2. The van der Waals surface area contributed by atoms with Crippen molar-refractivity contribution in [3.63, 3.8) is 0 Å². The third-order valence-electron chi connectivity index (χ3n) is 2.10. The van der Waals surface area contributed by atoms with Crippen LogP contribution in [0.15, 0.2) is 6.07 Å². The van der Waals surface area contributed by atoms with Crippen molar-refractivity contribution in [3.8, 4) is 0 Å². The lowest BCUT2D eigenvalue weighted by molar-refractivity contribution is -0.119. The van der Waals surface area contributed by atoms with Crippen LogP contribution < -0.4 is 21.7 Å². The van der Waals surface area contributed by atoms with Crippen LogP contribution in [0.3, 0.4) is 0 Å². The van der Waals surface area contributed by atoms with Crippen LogP contribution in [0.4, 0.5) is 17.6 Å². The minimum atomic E-state index is -0.0854. The van der Waals surface area contributed by atoms with Crippen molar-refractivity contribution in [2.24, 2.45) is 0 Å². The molecular formula is C11H20N6O. The first kappa shape index (κ1) is 14.0. The van der Waals surface area contributed by atoms with Crippen molar-refractivity contribution >= 4 is 23.5 Å². The summed E-state index contributed by atoms with van der Waals surface area (Å²) < 4.78 is 0. The Bertz CT molecular complexity index is 395. The largest absolute Gasteiger partial charge is 0.370 e. The topological polar surface area (TPSA) is 105 Å². The molecule has 0 bridgehead atoms. The first-order valence-electron chi connectivity index (χ1n) is 6.04. The van der Waals surface area contributed by atoms with Gasteiger partial charge in [-0.05, 0) is 13.3 Å². The predicted octanol–water partition coefficient (Wildman–Crippen LogP) is 0.429. The molecule has 0 saturated heterocycles. The van der Waals surface area contributed by atoms with Crippen molar-refractivity contribution in [2.45, 2.75) is 20.3 Å². The van der Waals surface area contributed by atoms with Crippen LogP contribution in [-0.2, 0) is 4.79 Å². The molecule has 0 fully saturated rings. The maximum Gasteiger partial charge on any atom is 0.239 e. The summed E-state index contributed by atoms with van der Waals surface area (Å²) >= 11 is 0. The highest BCUT2D eigenvalue weighted by atomic mass is 16.1. The molecule has 1 amide bonds. The minimum absolute atomic E-state index is 0.0854. The Labute approximate surface area is 107 Å². The van der Waals surface area contributed by atoms with Gasteiger partial charge in [-0.3, -0.25) is 4.79 Å². The van der Waals surface area contributed by atoms with E-state index in [-0.39, 0.29) is 18.4 Å². The molecule has 0 aliphatic carbocycles. The van der Waals surface area contributed by atoms with Crippen LogP contribution in [0.25, 0.3) is 0 Å². The monoisotopic (exact) mass is 252 g/mol. The van der Waals surface area contributed by atoms with Crippen molar-refractivity contribution in [3.05, 3.63) is 6.07 Å². The van der Waals surface area contributed by atoms with Gasteiger partial charge in [-0.1, -0.05) is 6.92 Å². The molecule has 7 heteroatoms. The van der Waals surface area contributed by atoms with E-state index in [0.717, 1.165) is 13.0 Å². The van der Waals surface area contributed by atoms with Gasteiger partial charge in [0.1, 0.15) is 11.6 Å². The number of carbonyl (C=O) groups excluding carboxylic acids is 1. The van der Waals surface area contributed by atoms with E-state index in [0.29, 0.717) is 18.2 Å². The molecule has 1 aromatic rings. The van der Waals surface area contributed by atoms with Gasteiger partial charge >= 0.3 is 0 Å². The number of nitrogens with one attached hydrogen (secondary N) is 3. The Balaban J connectivity index is 2.59. The number of nitrogens with zero attached hydrogens (tertiary/aromatic N) is 2. The van der Waals surface area contributed by atoms with E-state index in [1.54, 1.807) is 6.07 Å². The Morgan fingerprint density at radius 3 is 2.56 bits per heavy atom. The van der Waals surface area contributed by atoms with Crippen LogP contribution in [0.2, 0.25) is 0 Å². The van der Waals surface area contributed by atoms with Crippen molar-refractivity contribution in [2.75, 3.05) is 36.0 Å². The lowest BCUT2D eigenvalue weighted by Gasteiger charge is -2.09. The Morgan fingerprint density at radius 1 is 1.28 bits per heavy atom. The zero-order chi connectivity index (χ0) is 13.4. The molecule has 7 nitrogen and oxygen atoms in total. The molecule has 0 atom stereocenters. The molecule has 1 aromatic heterocycles. The number of hydrogen-bond acceptors (Lipinski definition) is 6. The number of nitrogens with two attached hydrogens (primary N) is 1. The number of amides is 1. The quantitative estimate of drug-likeness (QED) is 0.561. The number of rotatable bonds is 7. The second kappa shape index (κ2) is 7.31. The van der Waals surface area contributed by atoms with Gasteiger partial charge in [-0.15, -0.1) is 0 Å². The Hall–Kier alpha value is -2.05. The predicted molar refractivity (Wildman–Crippen MR) is 72.4 cm³/mol. The van der Waals surface area contributed by atoms with Crippen molar-refractivity contribution in [1.82, 2.24) is 15.3 Å². The molecule has 0 aliphatic heterocycles. The van der Waals surface area contributed by atoms with Gasteiger partial charge in [0.25, 0.3) is 0 Å². The SMILES string of the molecule is CCCNc1cc(NCC(=O)NCC)nc(N)n1. The highest BCUT2D eigenvalue weighted by molar-refractivity contribution is 5.80. The smallest absolute Gasteiger partial charge is 0.239 e. The summed E-state index contributed by atoms with van der Waals surface area (Å²) in [4.78, 5) is 19.4. The summed E-state index contributed by atoms with van der Waals surface area (Å²) in [6.07, 6.45) is 0.992. The van der Waals surface area contributed by atoms with E-state index in [9.17, 15) is 4.79 Å². The van der Waals surface area contributed by atoms with E-state index in [1.807, 2.05) is 6.92 Å². The number of nitrogen functional groups attached to an aromatic ring is 1. The minimum Gasteiger partial charge on any atom is -0.370 e. The van der Waals surface area contributed by atoms with Gasteiger partial charge < -0.3 is 21.7 Å². The molecular weight excluding hydrogens is 232 g/mol.